The Balaban J connectivity index is 1.55. The molecule has 1 aliphatic rings. The fraction of sp³-hybridized carbons (Fsp3) is 0.375. The van der Waals surface area contributed by atoms with Crippen molar-refractivity contribution in [1.29, 1.82) is 0 Å². The average Bonchev–Trinajstić information content (AvgIpc) is 3.44. The number of benzene rings is 2. The summed E-state index contributed by atoms with van der Waals surface area (Å²) in [6.07, 6.45) is 1.20. The van der Waals surface area contributed by atoms with Gasteiger partial charge in [0.1, 0.15) is 5.75 Å². The summed E-state index contributed by atoms with van der Waals surface area (Å²) in [5.41, 5.74) is 2.56. The van der Waals surface area contributed by atoms with E-state index in [-0.39, 0.29) is 11.8 Å². The first-order valence-electron chi connectivity index (χ1n) is 10.6. The van der Waals surface area contributed by atoms with Gasteiger partial charge in [-0.1, -0.05) is 18.1 Å². The molecule has 0 spiro atoms. The summed E-state index contributed by atoms with van der Waals surface area (Å²) in [6, 6.07) is 11.3. The van der Waals surface area contributed by atoms with Crippen molar-refractivity contribution >= 4 is 11.6 Å². The van der Waals surface area contributed by atoms with Crippen LogP contribution in [0, 0.1) is 6.92 Å². The highest BCUT2D eigenvalue weighted by Crippen LogP contribution is 2.37. The lowest BCUT2D eigenvalue weighted by atomic mass is 10.1. The van der Waals surface area contributed by atoms with E-state index in [1.807, 2.05) is 50.2 Å². The normalized spacial score (nSPS) is 15.8. The zero-order chi connectivity index (χ0) is 22.7. The molecule has 0 bridgehead atoms. The molecular weight excluding hydrogens is 410 g/mol. The van der Waals surface area contributed by atoms with E-state index in [0.29, 0.717) is 48.5 Å². The van der Waals surface area contributed by atoms with Crippen LogP contribution in [0.25, 0.3) is 11.4 Å². The maximum absolute atomic E-state index is 12.8. The van der Waals surface area contributed by atoms with Gasteiger partial charge in [0.05, 0.1) is 32.4 Å². The third-order valence-electron chi connectivity index (χ3n) is 5.42. The molecule has 0 saturated carbocycles. The van der Waals surface area contributed by atoms with Crippen LogP contribution in [0.5, 0.6) is 17.2 Å². The van der Waals surface area contributed by atoms with Crippen molar-refractivity contribution in [3.63, 3.8) is 0 Å². The van der Waals surface area contributed by atoms with E-state index in [1.165, 1.54) is 0 Å². The number of methoxy groups -OCH3 is 2. The van der Waals surface area contributed by atoms with Gasteiger partial charge in [0.25, 0.3) is 0 Å². The maximum Gasteiger partial charge on any atom is 0.232 e. The minimum Gasteiger partial charge on any atom is -0.495 e. The Hall–Kier alpha value is -3.55. The van der Waals surface area contributed by atoms with E-state index in [1.54, 1.807) is 19.1 Å². The van der Waals surface area contributed by atoms with E-state index in [0.717, 1.165) is 23.2 Å². The predicted octanol–water partition coefficient (Wildman–Crippen LogP) is 4.37. The number of amides is 1. The molecule has 8 nitrogen and oxygen atoms in total. The molecule has 0 aliphatic carbocycles. The highest BCUT2D eigenvalue weighted by molar-refractivity contribution is 5.97. The van der Waals surface area contributed by atoms with Crippen LogP contribution in [0.1, 0.15) is 37.1 Å². The largest absolute Gasteiger partial charge is 0.495 e. The molecule has 1 atom stereocenters. The molecule has 0 N–H and O–H groups in total. The highest BCUT2D eigenvalue weighted by atomic mass is 16.5. The van der Waals surface area contributed by atoms with E-state index in [2.05, 4.69) is 10.1 Å². The molecular formula is C24H27N3O5. The van der Waals surface area contributed by atoms with Gasteiger partial charge in [-0.3, -0.25) is 4.79 Å². The summed E-state index contributed by atoms with van der Waals surface area (Å²) >= 11 is 0. The van der Waals surface area contributed by atoms with Crippen LogP contribution in [0.4, 0.5) is 5.69 Å². The Labute approximate surface area is 187 Å². The van der Waals surface area contributed by atoms with E-state index < -0.39 is 0 Å². The molecule has 1 fully saturated rings. The predicted molar refractivity (Wildman–Crippen MR) is 120 cm³/mol. The van der Waals surface area contributed by atoms with Crippen molar-refractivity contribution in [1.82, 2.24) is 10.1 Å². The summed E-state index contributed by atoms with van der Waals surface area (Å²) in [4.78, 5) is 19.1. The SMILES string of the molecule is CCCOc1ccc(-c2noc(C3CC(=O)N(c4cc(C)ccc4OC)C3)n2)cc1OC. The van der Waals surface area contributed by atoms with Gasteiger partial charge in [0.15, 0.2) is 11.5 Å². The number of aryl methyl sites for hydroxylation is 1. The molecule has 8 heteroatoms. The molecule has 1 aromatic heterocycles. The molecule has 4 rings (SSSR count). The molecule has 2 aromatic carbocycles. The lowest BCUT2D eigenvalue weighted by molar-refractivity contribution is -0.117. The first-order valence-corrected chi connectivity index (χ1v) is 10.6. The van der Waals surface area contributed by atoms with Crippen LogP contribution in [0.2, 0.25) is 0 Å². The number of nitrogens with zero attached hydrogens (tertiary/aromatic N) is 3. The highest BCUT2D eigenvalue weighted by Gasteiger charge is 2.36. The van der Waals surface area contributed by atoms with Crippen molar-refractivity contribution in [2.45, 2.75) is 32.6 Å². The molecule has 0 radical (unpaired) electrons. The van der Waals surface area contributed by atoms with Gasteiger partial charge in [-0.25, -0.2) is 0 Å². The summed E-state index contributed by atoms with van der Waals surface area (Å²) in [7, 11) is 3.20. The maximum atomic E-state index is 12.8. The zero-order valence-electron chi connectivity index (χ0n) is 18.8. The molecule has 1 unspecified atom stereocenters. The van der Waals surface area contributed by atoms with Crippen LogP contribution >= 0.6 is 0 Å². The van der Waals surface area contributed by atoms with Crippen molar-refractivity contribution in [2.75, 3.05) is 32.3 Å². The Kier molecular flexibility index (Phi) is 6.30. The molecule has 32 heavy (non-hydrogen) atoms. The minimum atomic E-state index is -0.192. The fourth-order valence-electron chi connectivity index (χ4n) is 3.77. The Morgan fingerprint density at radius 2 is 1.88 bits per heavy atom. The summed E-state index contributed by atoms with van der Waals surface area (Å²) in [6.45, 7) is 5.09. The summed E-state index contributed by atoms with van der Waals surface area (Å²) < 4.78 is 22.1. The zero-order valence-corrected chi connectivity index (χ0v) is 18.8. The first kappa shape index (κ1) is 21.7. The minimum absolute atomic E-state index is 0.00209. The number of anilines is 1. The van der Waals surface area contributed by atoms with Gasteiger partial charge in [0.2, 0.25) is 17.6 Å². The monoisotopic (exact) mass is 437 g/mol. The number of aromatic nitrogens is 2. The van der Waals surface area contributed by atoms with Crippen molar-refractivity contribution in [3.05, 3.63) is 47.9 Å². The second-order valence-electron chi connectivity index (χ2n) is 7.75. The van der Waals surface area contributed by atoms with E-state index in [9.17, 15) is 4.79 Å². The first-order chi connectivity index (χ1) is 15.5. The van der Waals surface area contributed by atoms with Gasteiger partial charge in [-0.2, -0.15) is 4.98 Å². The number of rotatable bonds is 8. The molecule has 1 saturated heterocycles. The summed E-state index contributed by atoms with van der Waals surface area (Å²) in [5, 5.41) is 4.13. The topological polar surface area (TPSA) is 86.9 Å². The molecule has 1 aliphatic heterocycles. The molecule has 1 amide bonds. The Morgan fingerprint density at radius 1 is 1.09 bits per heavy atom. The van der Waals surface area contributed by atoms with Crippen molar-refractivity contribution in [3.8, 4) is 28.6 Å². The van der Waals surface area contributed by atoms with Gasteiger partial charge < -0.3 is 23.6 Å². The smallest absolute Gasteiger partial charge is 0.232 e. The number of carbonyl (C=O) groups excluding carboxylic acids is 1. The second-order valence-corrected chi connectivity index (χ2v) is 7.75. The number of carbonyl (C=O) groups is 1. The number of ether oxygens (including phenoxy) is 3. The second kappa shape index (κ2) is 9.30. The lowest BCUT2D eigenvalue weighted by Crippen LogP contribution is -2.25. The average molecular weight is 437 g/mol. The summed E-state index contributed by atoms with van der Waals surface area (Å²) in [5.74, 6) is 2.63. The van der Waals surface area contributed by atoms with Crippen LogP contribution in [-0.2, 0) is 4.79 Å². The van der Waals surface area contributed by atoms with Crippen LogP contribution in [0.15, 0.2) is 40.9 Å². The van der Waals surface area contributed by atoms with E-state index >= 15 is 0 Å². The standard InChI is InChI=1S/C24H27N3O5/c1-5-10-31-20-9-7-16(12-21(20)30-4)23-25-24(32-26-23)17-13-22(28)27(14-17)18-11-15(2)6-8-19(18)29-3/h6-9,11-12,17H,5,10,13-14H2,1-4H3. The quantitative estimate of drug-likeness (QED) is 0.517. The van der Waals surface area contributed by atoms with Gasteiger partial charge in [0, 0.05) is 18.5 Å². The number of hydrogen-bond acceptors (Lipinski definition) is 7. The molecule has 2 heterocycles. The fourth-order valence-corrected chi connectivity index (χ4v) is 3.77. The van der Waals surface area contributed by atoms with Gasteiger partial charge in [-0.05, 0) is 49.2 Å². The Morgan fingerprint density at radius 3 is 2.62 bits per heavy atom. The van der Waals surface area contributed by atoms with E-state index in [4.69, 9.17) is 18.7 Å². The van der Waals surface area contributed by atoms with Gasteiger partial charge >= 0.3 is 0 Å². The third kappa shape index (κ3) is 4.26. The lowest BCUT2D eigenvalue weighted by Gasteiger charge is -2.19. The van der Waals surface area contributed by atoms with Crippen molar-refractivity contribution in [2.24, 2.45) is 0 Å². The van der Waals surface area contributed by atoms with Crippen molar-refractivity contribution < 1.29 is 23.5 Å². The Bertz CT molecular complexity index is 1110. The number of hydrogen-bond donors (Lipinski definition) is 0. The van der Waals surface area contributed by atoms with Crippen LogP contribution < -0.4 is 19.1 Å². The van der Waals surface area contributed by atoms with Crippen LogP contribution in [0.3, 0.4) is 0 Å². The van der Waals surface area contributed by atoms with Crippen LogP contribution in [-0.4, -0.2) is 43.4 Å². The molecule has 3 aromatic rings. The molecule has 168 valence electrons. The van der Waals surface area contributed by atoms with Gasteiger partial charge in [-0.15, -0.1) is 0 Å². The third-order valence-corrected chi connectivity index (χ3v) is 5.42.